The number of morpholine rings is 2. The van der Waals surface area contributed by atoms with Crippen molar-refractivity contribution in [3.63, 3.8) is 0 Å². The number of aromatic nitrogens is 2. The van der Waals surface area contributed by atoms with Crippen molar-refractivity contribution in [2.24, 2.45) is 9.98 Å². The van der Waals surface area contributed by atoms with Crippen LogP contribution in [0.5, 0.6) is 11.5 Å². The van der Waals surface area contributed by atoms with Crippen molar-refractivity contribution in [3.8, 4) is 11.5 Å². The molecule has 2 saturated heterocycles. The minimum Gasteiger partial charge on any atom is -0.497 e. The molecule has 0 N–H and O–H groups in total. The summed E-state index contributed by atoms with van der Waals surface area (Å²) in [4.78, 5) is 23.0. The van der Waals surface area contributed by atoms with E-state index < -0.39 is 0 Å². The van der Waals surface area contributed by atoms with E-state index in [1.54, 1.807) is 14.2 Å². The lowest BCUT2D eigenvalue weighted by Crippen LogP contribution is -2.36. The molecule has 10 nitrogen and oxygen atoms in total. The highest BCUT2D eigenvalue weighted by atomic mass is 16.5. The van der Waals surface area contributed by atoms with Crippen LogP contribution in [0.25, 0.3) is 0 Å². The Labute approximate surface area is 284 Å². The normalized spacial score (nSPS) is 16.2. The molecule has 6 heterocycles. The fraction of sp³-hybridized carbons (Fsp3) is 0.368. The minimum absolute atomic E-state index is 0. The molecular weight excluding hydrogens is 604 g/mol. The van der Waals surface area contributed by atoms with Gasteiger partial charge in [-0.3, -0.25) is 9.98 Å². The first-order chi connectivity index (χ1) is 22.7. The molecule has 4 aromatic rings. The molecule has 0 spiro atoms. The second-order valence-corrected chi connectivity index (χ2v) is 11.4. The first-order valence-electron chi connectivity index (χ1n) is 15.7. The van der Waals surface area contributed by atoms with Crippen LogP contribution in [-0.4, -0.2) is 88.2 Å². The van der Waals surface area contributed by atoms with Crippen molar-refractivity contribution in [1.82, 2.24) is 9.97 Å². The fourth-order valence-electron chi connectivity index (χ4n) is 6.14. The van der Waals surface area contributed by atoms with E-state index >= 15 is 0 Å². The average Bonchev–Trinajstić information content (AvgIpc) is 3.76. The third kappa shape index (κ3) is 7.35. The van der Waals surface area contributed by atoms with Gasteiger partial charge in [-0.2, -0.15) is 0 Å². The molecule has 0 saturated carbocycles. The van der Waals surface area contributed by atoms with Gasteiger partial charge in [0.2, 0.25) is 0 Å². The molecule has 0 aliphatic carbocycles. The van der Waals surface area contributed by atoms with Crippen LogP contribution in [0.4, 0.5) is 11.6 Å². The number of ether oxygens (including phenoxy) is 4. The Morgan fingerprint density at radius 1 is 0.562 bits per heavy atom. The van der Waals surface area contributed by atoms with Gasteiger partial charge < -0.3 is 28.7 Å². The van der Waals surface area contributed by atoms with Crippen LogP contribution in [-0.2, 0) is 22.6 Å². The molecule has 0 unspecified atom stereocenters. The standard InChI is InChI=1S/2C18H19N3O2.2CH4/c2*1-22-15-3-2-14-12-20-18(16(14)11-15)13-4-5-19-17(10-13)21-6-8-23-9-7-21;;/h2*2-5,10-11H,6-9,12H2,1H3;2*1H4. The highest BCUT2D eigenvalue weighted by Gasteiger charge is 2.22. The lowest BCUT2D eigenvalue weighted by atomic mass is 10.0. The van der Waals surface area contributed by atoms with Gasteiger partial charge in [0.15, 0.2) is 0 Å². The third-order valence-electron chi connectivity index (χ3n) is 8.67. The van der Waals surface area contributed by atoms with E-state index in [-0.39, 0.29) is 14.9 Å². The summed E-state index contributed by atoms with van der Waals surface area (Å²) in [6.45, 7) is 8.01. The van der Waals surface area contributed by atoms with E-state index in [2.05, 4.69) is 56.2 Å². The van der Waals surface area contributed by atoms with Crippen LogP contribution in [0.2, 0.25) is 0 Å². The Kier molecular flexibility index (Phi) is 11.4. The Balaban J connectivity index is 0.000000180. The Morgan fingerprint density at radius 2 is 0.979 bits per heavy atom. The maximum atomic E-state index is 5.42. The maximum Gasteiger partial charge on any atom is 0.129 e. The highest BCUT2D eigenvalue weighted by molar-refractivity contribution is 6.16. The van der Waals surface area contributed by atoms with Crippen LogP contribution in [0.3, 0.4) is 0 Å². The number of hydrogen-bond donors (Lipinski definition) is 0. The van der Waals surface area contributed by atoms with Gasteiger partial charge in [0.05, 0.1) is 65.2 Å². The summed E-state index contributed by atoms with van der Waals surface area (Å²) < 4.78 is 21.5. The molecule has 2 fully saturated rings. The van der Waals surface area contributed by atoms with Crippen LogP contribution < -0.4 is 19.3 Å². The summed E-state index contributed by atoms with van der Waals surface area (Å²) in [6, 6.07) is 20.6. The molecule has 0 radical (unpaired) electrons. The molecule has 0 bridgehead atoms. The molecule has 252 valence electrons. The lowest BCUT2D eigenvalue weighted by Gasteiger charge is -2.28. The van der Waals surface area contributed by atoms with Gasteiger partial charge in [0.1, 0.15) is 23.1 Å². The average molecular weight is 651 g/mol. The van der Waals surface area contributed by atoms with E-state index in [0.717, 1.165) is 123 Å². The Morgan fingerprint density at radius 3 is 1.38 bits per heavy atom. The molecule has 0 atom stereocenters. The molecule has 10 heteroatoms. The van der Waals surface area contributed by atoms with E-state index in [1.165, 1.54) is 11.1 Å². The van der Waals surface area contributed by atoms with Crippen molar-refractivity contribution in [3.05, 3.63) is 106 Å². The van der Waals surface area contributed by atoms with E-state index in [4.69, 9.17) is 28.9 Å². The van der Waals surface area contributed by atoms with Crippen molar-refractivity contribution in [2.45, 2.75) is 27.9 Å². The molecule has 4 aliphatic rings. The van der Waals surface area contributed by atoms with Crippen molar-refractivity contribution in [2.75, 3.05) is 76.6 Å². The third-order valence-corrected chi connectivity index (χ3v) is 8.67. The number of fused-ring (bicyclic) bond motifs is 2. The molecule has 2 aromatic carbocycles. The molecule has 2 aromatic heterocycles. The van der Waals surface area contributed by atoms with Crippen molar-refractivity contribution >= 4 is 23.1 Å². The van der Waals surface area contributed by atoms with E-state index in [1.807, 2.05) is 36.7 Å². The van der Waals surface area contributed by atoms with Gasteiger partial charge in [-0.15, -0.1) is 0 Å². The molecule has 48 heavy (non-hydrogen) atoms. The van der Waals surface area contributed by atoms with Gasteiger partial charge in [0, 0.05) is 60.8 Å². The molecule has 8 rings (SSSR count). The van der Waals surface area contributed by atoms with Crippen LogP contribution in [0, 0.1) is 0 Å². The van der Waals surface area contributed by atoms with Gasteiger partial charge in [-0.05, 0) is 59.7 Å². The molecule has 4 aliphatic heterocycles. The number of hydrogen-bond acceptors (Lipinski definition) is 10. The first-order valence-corrected chi connectivity index (χ1v) is 15.7. The number of rotatable bonds is 6. The summed E-state index contributed by atoms with van der Waals surface area (Å²) in [7, 11) is 3.38. The first kappa shape index (κ1) is 34.5. The highest BCUT2D eigenvalue weighted by Crippen LogP contribution is 2.29. The predicted octanol–water partition coefficient (Wildman–Crippen LogP) is 5.83. The second-order valence-electron chi connectivity index (χ2n) is 11.4. The van der Waals surface area contributed by atoms with Gasteiger partial charge in [-0.1, -0.05) is 27.0 Å². The maximum absolute atomic E-state index is 5.42. The smallest absolute Gasteiger partial charge is 0.129 e. The fourth-order valence-corrected chi connectivity index (χ4v) is 6.14. The number of anilines is 2. The van der Waals surface area contributed by atoms with Gasteiger partial charge >= 0.3 is 0 Å². The number of aliphatic imine (C=N–C) groups is 2. The molecular formula is C38H46N6O4. The zero-order valence-corrected chi connectivity index (χ0v) is 26.3. The minimum atomic E-state index is 0. The summed E-state index contributed by atoms with van der Waals surface area (Å²) >= 11 is 0. The SMILES string of the molecule is C.C.COc1ccc2c(c1)C(c1ccnc(N3CCOCC3)c1)=NC2.COc1ccc2c(c1)C(c1ccnc(N3CCOCC3)c1)=NC2. The van der Waals surface area contributed by atoms with Gasteiger partial charge in [-0.25, -0.2) is 9.97 Å². The summed E-state index contributed by atoms with van der Waals surface area (Å²) in [6.07, 6.45) is 3.72. The van der Waals surface area contributed by atoms with Gasteiger partial charge in [0.25, 0.3) is 0 Å². The van der Waals surface area contributed by atoms with Crippen LogP contribution in [0.15, 0.2) is 83.0 Å². The summed E-state index contributed by atoms with van der Waals surface area (Å²) in [5.41, 5.74) is 9.05. The number of benzene rings is 2. The van der Waals surface area contributed by atoms with Crippen molar-refractivity contribution in [1.29, 1.82) is 0 Å². The Hall–Kier alpha value is -4.80. The summed E-state index contributed by atoms with van der Waals surface area (Å²) in [5.74, 6) is 3.70. The second kappa shape index (κ2) is 15.9. The number of methoxy groups -OCH3 is 2. The molecule has 0 amide bonds. The largest absolute Gasteiger partial charge is 0.497 e. The van der Waals surface area contributed by atoms with E-state index in [9.17, 15) is 0 Å². The van der Waals surface area contributed by atoms with Crippen LogP contribution in [0.1, 0.15) is 48.2 Å². The topological polar surface area (TPSA) is 93.9 Å². The zero-order valence-electron chi connectivity index (χ0n) is 26.3. The Bertz CT molecular complexity index is 1630. The summed E-state index contributed by atoms with van der Waals surface area (Å²) in [5, 5.41) is 0. The van der Waals surface area contributed by atoms with Crippen molar-refractivity contribution < 1.29 is 18.9 Å². The van der Waals surface area contributed by atoms with Crippen LogP contribution >= 0.6 is 0 Å². The number of nitrogens with zero attached hydrogens (tertiary/aromatic N) is 6. The predicted molar refractivity (Wildman–Crippen MR) is 193 cm³/mol. The van der Waals surface area contributed by atoms with E-state index in [0.29, 0.717) is 0 Å². The quantitative estimate of drug-likeness (QED) is 0.258. The lowest BCUT2D eigenvalue weighted by molar-refractivity contribution is 0.122. The number of pyridine rings is 2. The zero-order chi connectivity index (χ0) is 31.3. The monoisotopic (exact) mass is 650 g/mol.